The van der Waals surface area contributed by atoms with Crippen molar-refractivity contribution in [1.29, 1.82) is 0 Å². The summed E-state index contributed by atoms with van der Waals surface area (Å²) in [5.41, 5.74) is 11.2. The molecule has 18 heavy (non-hydrogen) atoms. The number of nitrogens with zero attached hydrogens (tertiary/aromatic N) is 1. The number of nitrogens with two attached hydrogens (primary N) is 1. The van der Waals surface area contributed by atoms with Crippen LogP contribution in [0.1, 0.15) is 17.5 Å². The van der Waals surface area contributed by atoms with Crippen molar-refractivity contribution in [2.24, 2.45) is 10.8 Å². The van der Waals surface area contributed by atoms with E-state index in [2.05, 4.69) is 10.5 Å². The average molecular weight is 265 g/mol. The third-order valence-corrected chi connectivity index (χ3v) is 2.94. The number of benzene rings is 1. The van der Waals surface area contributed by atoms with Crippen molar-refractivity contribution in [1.82, 2.24) is 5.43 Å². The number of rotatable bonds is 3. The lowest BCUT2D eigenvalue weighted by Gasteiger charge is -2.10. The molecule has 1 aromatic rings. The predicted molar refractivity (Wildman–Crippen MR) is 74.3 cm³/mol. The Morgan fingerprint density at radius 1 is 1.28 bits per heavy atom. The van der Waals surface area contributed by atoms with E-state index in [0.717, 1.165) is 29.9 Å². The highest BCUT2D eigenvalue weighted by Crippen LogP contribution is 2.34. The van der Waals surface area contributed by atoms with Gasteiger partial charge in [-0.2, -0.15) is 5.10 Å². The Morgan fingerprint density at radius 2 is 1.94 bits per heavy atom. The van der Waals surface area contributed by atoms with Crippen LogP contribution in [0.3, 0.4) is 0 Å². The zero-order valence-corrected chi connectivity index (χ0v) is 11.1. The fourth-order valence-corrected chi connectivity index (χ4v) is 2.07. The van der Waals surface area contributed by atoms with Crippen LogP contribution in [0.15, 0.2) is 17.2 Å². The first-order valence-electron chi connectivity index (χ1n) is 5.53. The number of methoxy groups -OCH3 is 2. The fourth-order valence-electron chi connectivity index (χ4n) is 2.02. The molecule has 0 aliphatic heterocycles. The van der Waals surface area contributed by atoms with Gasteiger partial charge in [-0.25, -0.2) is 0 Å². The van der Waals surface area contributed by atoms with Crippen LogP contribution in [0, 0.1) is 0 Å². The van der Waals surface area contributed by atoms with Crippen molar-refractivity contribution < 1.29 is 9.47 Å². The molecule has 0 amide bonds. The third-order valence-electron chi connectivity index (χ3n) is 2.85. The summed E-state index contributed by atoms with van der Waals surface area (Å²) in [6.45, 7) is 0. The van der Waals surface area contributed by atoms with E-state index in [1.165, 1.54) is 5.56 Å². The van der Waals surface area contributed by atoms with Crippen molar-refractivity contribution in [3.05, 3.63) is 23.3 Å². The molecule has 0 heterocycles. The maximum absolute atomic E-state index is 5.36. The SMILES string of the molecule is COc1cc2c(cc1OC)/C(=N\NC(N)=S)CC2. The van der Waals surface area contributed by atoms with E-state index in [4.69, 9.17) is 27.4 Å². The van der Waals surface area contributed by atoms with Gasteiger partial charge in [0.2, 0.25) is 0 Å². The molecule has 1 aromatic carbocycles. The van der Waals surface area contributed by atoms with Gasteiger partial charge < -0.3 is 15.2 Å². The molecule has 6 heteroatoms. The Hall–Kier alpha value is -1.82. The van der Waals surface area contributed by atoms with Gasteiger partial charge in [0.05, 0.1) is 19.9 Å². The van der Waals surface area contributed by atoms with Crippen LogP contribution >= 0.6 is 12.2 Å². The van der Waals surface area contributed by atoms with Gasteiger partial charge in [0.15, 0.2) is 16.6 Å². The summed E-state index contributed by atoms with van der Waals surface area (Å²) in [6, 6.07) is 3.92. The monoisotopic (exact) mass is 265 g/mol. The Labute approximate surface area is 111 Å². The number of hydrogen-bond donors (Lipinski definition) is 2. The van der Waals surface area contributed by atoms with Crippen LogP contribution in [0.2, 0.25) is 0 Å². The van der Waals surface area contributed by atoms with E-state index in [1.54, 1.807) is 14.2 Å². The smallest absolute Gasteiger partial charge is 0.184 e. The number of thiocarbonyl (C=S) groups is 1. The van der Waals surface area contributed by atoms with E-state index < -0.39 is 0 Å². The van der Waals surface area contributed by atoms with E-state index in [1.807, 2.05) is 12.1 Å². The molecule has 5 nitrogen and oxygen atoms in total. The molecule has 0 bridgehead atoms. The van der Waals surface area contributed by atoms with Gasteiger partial charge in [-0.05, 0) is 42.8 Å². The molecule has 1 aliphatic rings. The molecular weight excluding hydrogens is 250 g/mol. The molecule has 3 N–H and O–H groups in total. The van der Waals surface area contributed by atoms with Gasteiger partial charge in [0, 0.05) is 5.56 Å². The van der Waals surface area contributed by atoms with E-state index in [-0.39, 0.29) is 5.11 Å². The zero-order valence-electron chi connectivity index (χ0n) is 10.3. The Bertz CT molecular complexity index is 514. The number of hydrogen-bond acceptors (Lipinski definition) is 4. The van der Waals surface area contributed by atoms with Gasteiger partial charge in [0.1, 0.15) is 0 Å². The average Bonchev–Trinajstić information content (AvgIpc) is 2.76. The molecule has 0 atom stereocenters. The zero-order chi connectivity index (χ0) is 13.1. The van der Waals surface area contributed by atoms with Crippen molar-refractivity contribution in [3.8, 4) is 11.5 Å². The molecule has 0 aromatic heterocycles. The topological polar surface area (TPSA) is 68.9 Å². The highest BCUT2D eigenvalue weighted by atomic mass is 32.1. The summed E-state index contributed by atoms with van der Waals surface area (Å²) >= 11 is 4.73. The summed E-state index contributed by atoms with van der Waals surface area (Å²) in [5.74, 6) is 1.43. The molecule has 0 fully saturated rings. The Balaban J connectivity index is 2.38. The summed E-state index contributed by atoms with van der Waals surface area (Å²) in [4.78, 5) is 0. The minimum atomic E-state index is 0.163. The first kappa shape index (κ1) is 12.6. The second-order valence-corrected chi connectivity index (χ2v) is 4.34. The van der Waals surface area contributed by atoms with Gasteiger partial charge in [-0.3, -0.25) is 5.43 Å². The molecule has 96 valence electrons. The summed E-state index contributed by atoms with van der Waals surface area (Å²) < 4.78 is 10.6. The van der Waals surface area contributed by atoms with E-state index in [0.29, 0.717) is 5.75 Å². The maximum atomic E-state index is 5.36. The summed E-state index contributed by atoms with van der Waals surface area (Å²) in [7, 11) is 3.24. The molecule has 0 saturated carbocycles. The molecule has 2 rings (SSSR count). The van der Waals surface area contributed by atoms with Crippen LogP contribution in [-0.2, 0) is 6.42 Å². The predicted octanol–water partition coefficient (Wildman–Crippen LogP) is 1.19. The molecule has 0 unspecified atom stereocenters. The van der Waals surface area contributed by atoms with E-state index >= 15 is 0 Å². The minimum Gasteiger partial charge on any atom is -0.493 e. The van der Waals surface area contributed by atoms with Crippen molar-refractivity contribution >= 4 is 23.0 Å². The van der Waals surface area contributed by atoms with Crippen LogP contribution in [0.25, 0.3) is 0 Å². The number of fused-ring (bicyclic) bond motifs is 1. The normalized spacial score (nSPS) is 15.3. The lowest BCUT2D eigenvalue weighted by atomic mass is 10.1. The highest BCUT2D eigenvalue weighted by molar-refractivity contribution is 7.80. The number of ether oxygens (including phenoxy) is 2. The van der Waals surface area contributed by atoms with Crippen LogP contribution < -0.4 is 20.6 Å². The Kier molecular flexibility index (Phi) is 3.66. The number of nitrogens with one attached hydrogen (secondary N) is 1. The molecule has 1 aliphatic carbocycles. The summed E-state index contributed by atoms with van der Waals surface area (Å²) in [5, 5.41) is 4.36. The second-order valence-electron chi connectivity index (χ2n) is 3.90. The van der Waals surface area contributed by atoms with Crippen molar-refractivity contribution in [3.63, 3.8) is 0 Å². The maximum Gasteiger partial charge on any atom is 0.184 e. The van der Waals surface area contributed by atoms with Crippen molar-refractivity contribution in [2.75, 3.05) is 14.2 Å². The number of aryl methyl sites for hydroxylation is 1. The van der Waals surface area contributed by atoms with Crippen molar-refractivity contribution in [2.45, 2.75) is 12.8 Å². The van der Waals surface area contributed by atoms with Crippen LogP contribution in [0.4, 0.5) is 0 Å². The highest BCUT2D eigenvalue weighted by Gasteiger charge is 2.21. The molecule has 0 spiro atoms. The largest absolute Gasteiger partial charge is 0.493 e. The lowest BCUT2D eigenvalue weighted by Crippen LogP contribution is -2.25. The quantitative estimate of drug-likeness (QED) is 0.634. The lowest BCUT2D eigenvalue weighted by molar-refractivity contribution is 0.354. The molecule has 0 saturated heterocycles. The van der Waals surface area contributed by atoms with Crippen LogP contribution in [-0.4, -0.2) is 25.0 Å². The van der Waals surface area contributed by atoms with Crippen LogP contribution in [0.5, 0.6) is 11.5 Å². The fraction of sp³-hybridized carbons (Fsp3) is 0.333. The van der Waals surface area contributed by atoms with Gasteiger partial charge >= 0.3 is 0 Å². The number of hydrazone groups is 1. The molecular formula is C12H15N3O2S. The van der Waals surface area contributed by atoms with Gasteiger partial charge in [-0.1, -0.05) is 0 Å². The van der Waals surface area contributed by atoms with E-state index in [9.17, 15) is 0 Å². The standard InChI is InChI=1S/C12H15N3O2S/c1-16-10-5-7-3-4-9(14-15-12(13)18)8(7)6-11(10)17-2/h5-6H,3-4H2,1-2H3,(H3,13,15,18)/b14-9-. The first-order chi connectivity index (χ1) is 8.65. The molecule has 0 radical (unpaired) electrons. The van der Waals surface area contributed by atoms with Gasteiger partial charge in [-0.15, -0.1) is 0 Å². The first-order valence-corrected chi connectivity index (χ1v) is 5.93. The second kappa shape index (κ2) is 5.22. The minimum absolute atomic E-state index is 0.163. The summed E-state index contributed by atoms with van der Waals surface area (Å²) in [6.07, 6.45) is 1.77. The third kappa shape index (κ3) is 2.38. The Morgan fingerprint density at radius 3 is 2.56 bits per heavy atom. The van der Waals surface area contributed by atoms with Gasteiger partial charge in [0.25, 0.3) is 0 Å².